The molecule has 0 unspecified atom stereocenters. The molecule has 1 aliphatic heterocycles. The van der Waals surface area contributed by atoms with Gasteiger partial charge in [0.05, 0.1) is 6.42 Å². The fourth-order valence-corrected chi connectivity index (χ4v) is 3.06. The minimum Gasteiger partial charge on any atom is -0.508 e. The van der Waals surface area contributed by atoms with E-state index >= 15 is 0 Å². The minimum absolute atomic E-state index is 0.0172. The lowest BCUT2D eigenvalue weighted by atomic mass is 9.99. The molecule has 1 aromatic heterocycles. The van der Waals surface area contributed by atoms with Crippen LogP contribution in [-0.2, 0) is 25.5 Å². The maximum Gasteiger partial charge on any atom is 0.335 e. The summed E-state index contributed by atoms with van der Waals surface area (Å²) < 4.78 is 9.91. The molecule has 3 rings (SSSR count). The zero-order chi connectivity index (χ0) is 19.9. The van der Waals surface area contributed by atoms with Crippen molar-refractivity contribution in [2.75, 3.05) is 0 Å². The molecule has 1 fully saturated rings. The number of H-pyrrole nitrogens is 1. The number of aromatic hydroxyl groups is 1. The fourth-order valence-electron chi connectivity index (χ4n) is 3.06. The van der Waals surface area contributed by atoms with Crippen LogP contribution >= 0.6 is 0 Å². The average molecular weight is 381 g/mol. The van der Waals surface area contributed by atoms with Crippen LogP contribution in [0, 0.1) is 6.92 Å². The third-order valence-corrected chi connectivity index (χ3v) is 4.48. The number of aromatic amines is 1. The smallest absolute Gasteiger partial charge is 0.335 e. The van der Waals surface area contributed by atoms with Gasteiger partial charge in [-0.1, -0.05) is 0 Å². The topological polar surface area (TPSA) is 170 Å². The van der Waals surface area contributed by atoms with Gasteiger partial charge in [0, 0.05) is 16.6 Å². The second kappa shape index (κ2) is 7.16. The number of fused-ring (bicyclic) bond motifs is 1. The molecule has 0 amide bonds. The van der Waals surface area contributed by atoms with Gasteiger partial charge in [0.25, 0.3) is 0 Å². The van der Waals surface area contributed by atoms with Gasteiger partial charge in [0.2, 0.25) is 6.29 Å². The highest BCUT2D eigenvalue weighted by molar-refractivity contribution is 5.89. The first-order valence-corrected chi connectivity index (χ1v) is 8.11. The van der Waals surface area contributed by atoms with Gasteiger partial charge in [-0.05, 0) is 30.7 Å². The molecule has 5 atom stereocenters. The first-order chi connectivity index (χ1) is 12.7. The summed E-state index contributed by atoms with van der Waals surface area (Å²) in [5, 5.41) is 48.5. The van der Waals surface area contributed by atoms with Gasteiger partial charge in [-0.2, -0.15) is 0 Å². The minimum atomic E-state index is -1.87. The molecule has 0 spiro atoms. The number of carbonyl (C=O) groups excluding carboxylic acids is 1. The van der Waals surface area contributed by atoms with E-state index in [4.69, 9.17) is 14.6 Å². The first-order valence-electron chi connectivity index (χ1n) is 8.11. The summed E-state index contributed by atoms with van der Waals surface area (Å²) in [5.41, 5.74) is 1.91. The van der Waals surface area contributed by atoms with E-state index in [9.17, 15) is 30.0 Å². The molecule has 0 saturated carbocycles. The van der Waals surface area contributed by atoms with Crippen molar-refractivity contribution in [1.82, 2.24) is 4.98 Å². The number of ether oxygens (including phenoxy) is 2. The highest BCUT2D eigenvalue weighted by Crippen LogP contribution is 2.27. The number of aliphatic hydroxyl groups is 3. The van der Waals surface area contributed by atoms with E-state index in [1.54, 1.807) is 13.0 Å². The van der Waals surface area contributed by atoms with E-state index in [1.807, 2.05) is 0 Å². The molecule has 0 radical (unpaired) electrons. The van der Waals surface area contributed by atoms with Crippen molar-refractivity contribution in [3.63, 3.8) is 0 Å². The van der Waals surface area contributed by atoms with Gasteiger partial charge in [-0.25, -0.2) is 4.79 Å². The van der Waals surface area contributed by atoms with E-state index < -0.39 is 42.6 Å². The summed E-state index contributed by atoms with van der Waals surface area (Å²) in [4.78, 5) is 26.4. The molecule has 2 aromatic rings. The highest BCUT2D eigenvalue weighted by atomic mass is 16.7. The second-order valence-electron chi connectivity index (χ2n) is 6.36. The molecule has 10 nitrogen and oxygen atoms in total. The molecule has 10 heteroatoms. The number of esters is 1. The number of carbonyl (C=O) groups is 2. The summed E-state index contributed by atoms with van der Waals surface area (Å²) in [7, 11) is 0. The SMILES string of the molecule is Cc1[nH]c2ccc(O)cc2c1CC(=O)O[C@@H]1O[C@H](C(=O)O)[C@@H](O)[C@H](O)[C@H]1O. The Bertz CT molecular complexity index is 877. The Balaban J connectivity index is 1.77. The summed E-state index contributed by atoms with van der Waals surface area (Å²) in [6.07, 6.45) is -9.40. The van der Waals surface area contributed by atoms with Crippen LogP contribution in [0.3, 0.4) is 0 Å². The highest BCUT2D eigenvalue weighted by Gasteiger charge is 2.48. The molecule has 146 valence electrons. The molecular formula is C17H19NO9. The number of benzene rings is 1. The number of carboxylic acids is 1. The quantitative estimate of drug-likeness (QED) is 0.370. The lowest BCUT2D eigenvalue weighted by molar-refractivity contribution is -0.286. The Morgan fingerprint density at radius 3 is 2.56 bits per heavy atom. The maximum atomic E-state index is 12.3. The van der Waals surface area contributed by atoms with Crippen LogP contribution < -0.4 is 0 Å². The van der Waals surface area contributed by atoms with E-state index in [2.05, 4.69) is 4.98 Å². The number of carboxylic acid groups (broad SMARTS) is 1. The lowest BCUT2D eigenvalue weighted by Gasteiger charge is -2.37. The Labute approximate surface area is 152 Å². The zero-order valence-electron chi connectivity index (χ0n) is 14.2. The van der Waals surface area contributed by atoms with Crippen molar-refractivity contribution < 1.29 is 44.6 Å². The zero-order valence-corrected chi connectivity index (χ0v) is 14.2. The summed E-state index contributed by atoms with van der Waals surface area (Å²) in [6, 6.07) is 4.62. The van der Waals surface area contributed by atoms with E-state index in [1.165, 1.54) is 12.1 Å². The number of aryl methyl sites for hydroxylation is 1. The summed E-state index contributed by atoms with van der Waals surface area (Å²) in [5.74, 6) is -2.40. The number of hydrogen-bond donors (Lipinski definition) is 6. The normalized spacial score (nSPS) is 28.2. The van der Waals surface area contributed by atoms with Gasteiger partial charge >= 0.3 is 11.9 Å². The van der Waals surface area contributed by atoms with Gasteiger partial charge in [-0.3, -0.25) is 4.79 Å². The third-order valence-electron chi connectivity index (χ3n) is 4.48. The number of aliphatic hydroxyl groups excluding tert-OH is 3. The molecule has 6 N–H and O–H groups in total. The molecule has 27 heavy (non-hydrogen) atoms. The van der Waals surface area contributed by atoms with E-state index in [0.717, 1.165) is 0 Å². The number of aromatic nitrogens is 1. The monoisotopic (exact) mass is 381 g/mol. The van der Waals surface area contributed by atoms with Crippen molar-refractivity contribution in [2.24, 2.45) is 0 Å². The molecular weight excluding hydrogens is 362 g/mol. The fraction of sp³-hybridized carbons (Fsp3) is 0.412. The van der Waals surface area contributed by atoms with E-state index in [0.29, 0.717) is 22.2 Å². The van der Waals surface area contributed by atoms with Crippen molar-refractivity contribution in [1.29, 1.82) is 0 Å². The van der Waals surface area contributed by atoms with Crippen LogP contribution in [0.4, 0.5) is 0 Å². The number of aliphatic carboxylic acids is 1. The van der Waals surface area contributed by atoms with Crippen LogP contribution in [0.1, 0.15) is 11.3 Å². The molecule has 2 heterocycles. The number of rotatable bonds is 4. The van der Waals surface area contributed by atoms with Crippen LogP contribution in [-0.4, -0.2) is 73.2 Å². The standard InChI is InChI=1S/C17H19NO9/c1-6-8(9-4-7(19)2-3-10(9)18-6)5-11(20)26-17-14(23)12(21)13(22)15(27-17)16(24)25/h2-4,12-15,17-19,21-23H,5H2,1H3,(H,24,25)/t12-,13-,14+,15-,17+/m0/s1. The van der Waals surface area contributed by atoms with Crippen LogP contribution in [0.25, 0.3) is 10.9 Å². The number of phenols is 1. The predicted octanol–water partition coefficient (Wildman–Crippen LogP) is -0.840. The lowest BCUT2D eigenvalue weighted by Crippen LogP contribution is -2.60. The van der Waals surface area contributed by atoms with Crippen molar-refractivity contribution in [3.05, 3.63) is 29.5 Å². The third kappa shape index (κ3) is 3.60. The molecule has 1 aromatic carbocycles. The van der Waals surface area contributed by atoms with Gasteiger partial charge in [0.15, 0.2) is 6.10 Å². The Morgan fingerprint density at radius 2 is 1.89 bits per heavy atom. The van der Waals surface area contributed by atoms with E-state index in [-0.39, 0.29) is 12.2 Å². The second-order valence-corrected chi connectivity index (χ2v) is 6.36. The van der Waals surface area contributed by atoms with Gasteiger partial charge in [-0.15, -0.1) is 0 Å². The predicted molar refractivity (Wildman–Crippen MR) is 88.8 cm³/mol. The van der Waals surface area contributed by atoms with Gasteiger partial charge in [0.1, 0.15) is 24.1 Å². The van der Waals surface area contributed by atoms with Crippen LogP contribution in [0.5, 0.6) is 5.75 Å². The molecule has 0 aliphatic carbocycles. The van der Waals surface area contributed by atoms with Crippen LogP contribution in [0.2, 0.25) is 0 Å². The van der Waals surface area contributed by atoms with Crippen molar-refractivity contribution >= 4 is 22.8 Å². The number of hydrogen-bond acceptors (Lipinski definition) is 8. The van der Waals surface area contributed by atoms with Crippen molar-refractivity contribution in [3.8, 4) is 5.75 Å². The Morgan fingerprint density at radius 1 is 1.19 bits per heavy atom. The molecule has 1 saturated heterocycles. The Hall–Kier alpha value is -2.66. The number of nitrogens with one attached hydrogen (secondary N) is 1. The Kier molecular flexibility index (Phi) is 5.07. The number of phenolic OH excluding ortho intramolecular Hbond substituents is 1. The molecule has 1 aliphatic rings. The largest absolute Gasteiger partial charge is 0.508 e. The molecule has 0 bridgehead atoms. The first kappa shape index (κ1) is 19.1. The van der Waals surface area contributed by atoms with Crippen molar-refractivity contribution in [2.45, 2.75) is 44.1 Å². The van der Waals surface area contributed by atoms with Crippen LogP contribution in [0.15, 0.2) is 18.2 Å². The average Bonchev–Trinajstić information content (AvgIpc) is 2.90. The van der Waals surface area contributed by atoms with Gasteiger partial charge < -0.3 is 40.0 Å². The maximum absolute atomic E-state index is 12.3. The summed E-state index contributed by atoms with van der Waals surface area (Å²) >= 11 is 0. The summed E-state index contributed by atoms with van der Waals surface area (Å²) in [6.45, 7) is 1.73.